The molecule has 2 N–H and O–H groups in total. The van der Waals surface area contributed by atoms with Crippen molar-refractivity contribution in [2.75, 3.05) is 26.2 Å². The third-order valence-corrected chi connectivity index (χ3v) is 5.85. The molecule has 1 heterocycles. The number of hydrogen-bond donors (Lipinski definition) is 1. The summed E-state index contributed by atoms with van der Waals surface area (Å²) < 4.78 is 5.82. The zero-order chi connectivity index (χ0) is 23.0. The molecule has 0 aliphatic carbocycles. The van der Waals surface area contributed by atoms with E-state index in [0.717, 1.165) is 38.2 Å². The van der Waals surface area contributed by atoms with Gasteiger partial charge >= 0.3 is 0 Å². The van der Waals surface area contributed by atoms with Crippen molar-refractivity contribution >= 4 is 11.8 Å². The second kappa shape index (κ2) is 10.8. The van der Waals surface area contributed by atoms with E-state index >= 15 is 0 Å². The summed E-state index contributed by atoms with van der Waals surface area (Å²) in [5, 5.41) is 0. The zero-order valence-corrected chi connectivity index (χ0v) is 18.7. The van der Waals surface area contributed by atoms with Crippen LogP contribution >= 0.6 is 0 Å². The summed E-state index contributed by atoms with van der Waals surface area (Å²) in [6.45, 7) is 4.44. The highest BCUT2D eigenvalue weighted by Crippen LogP contribution is 2.20. The first-order valence-corrected chi connectivity index (χ1v) is 11.3. The van der Waals surface area contributed by atoms with Crippen molar-refractivity contribution in [3.05, 3.63) is 101 Å². The molecule has 6 heteroatoms. The van der Waals surface area contributed by atoms with E-state index in [4.69, 9.17) is 10.5 Å². The van der Waals surface area contributed by atoms with Gasteiger partial charge in [0.05, 0.1) is 5.56 Å². The molecular weight excluding hydrogens is 414 g/mol. The molecule has 0 radical (unpaired) electrons. The number of hydrogen-bond acceptors (Lipinski definition) is 4. The number of para-hydroxylation sites is 1. The number of carbonyl (C=O) groups excluding carboxylic acids is 2. The van der Waals surface area contributed by atoms with Gasteiger partial charge < -0.3 is 15.4 Å². The normalized spacial score (nSPS) is 14.5. The van der Waals surface area contributed by atoms with E-state index in [2.05, 4.69) is 29.2 Å². The SMILES string of the molecule is NC(=O)c1ccccc1OCc1cccc(C(=O)N2CCCN(Cc3ccccc3)CC2)c1. The van der Waals surface area contributed by atoms with Crippen molar-refractivity contribution in [2.24, 2.45) is 5.73 Å². The molecule has 4 rings (SSSR count). The Balaban J connectivity index is 1.37. The van der Waals surface area contributed by atoms with Crippen LogP contribution in [-0.2, 0) is 13.2 Å². The maximum absolute atomic E-state index is 13.2. The Bertz CT molecular complexity index is 1100. The molecular formula is C27H29N3O3. The van der Waals surface area contributed by atoms with Gasteiger partial charge in [0.25, 0.3) is 11.8 Å². The number of rotatable bonds is 7. The number of nitrogens with zero attached hydrogens (tertiary/aromatic N) is 2. The third-order valence-electron chi connectivity index (χ3n) is 5.85. The van der Waals surface area contributed by atoms with Gasteiger partial charge in [-0.1, -0.05) is 54.6 Å². The molecule has 6 nitrogen and oxygen atoms in total. The summed E-state index contributed by atoms with van der Waals surface area (Å²) in [5.41, 5.74) is 8.57. The van der Waals surface area contributed by atoms with Gasteiger partial charge in [-0.15, -0.1) is 0 Å². The van der Waals surface area contributed by atoms with E-state index in [-0.39, 0.29) is 12.5 Å². The largest absolute Gasteiger partial charge is 0.488 e. The van der Waals surface area contributed by atoms with E-state index in [1.165, 1.54) is 5.56 Å². The van der Waals surface area contributed by atoms with Gasteiger partial charge in [0.1, 0.15) is 12.4 Å². The van der Waals surface area contributed by atoms with Gasteiger partial charge in [0.2, 0.25) is 0 Å². The average Bonchev–Trinajstić information content (AvgIpc) is 3.09. The summed E-state index contributed by atoms with van der Waals surface area (Å²) >= 11 is 0. The molecule has 3 aromatic rings. The van der Waals surface area contributed by atoms with Crippen LogP contribution in [0.5, 0.6) is 5.75 Å². The lowest BCUT2D eigenvalue weighted by molar-refractivity contribution is 0.0760. The molecule has 0 atom stereocenters. The molecule has 0 saturated carbocycles. The fourth-order valence-corrected chi connectivity index (χ4v) is 4.11. The van der Waals surface area contributed by atoms with Crippen LogP contribution in [-0.4, -0.2) is 47.8 Å². The second-order valence-electron chi connectivity index (χ2n) is 8.26. The van der Waals surface area contributed by atoms with Crippen LogP contribution in [0.1, 0.15) is 38.3 Å². The molecule has 0 bridgehead atoms. The summed E-state index contributed by atoms with van der Waals surface area (Å²) in [6, 6.07) is 24.8. The molecule has 1 aliphatic heterocycles. The first-order chi connectivity index (χ1) is 16.1. The Morgan fingerprint density at radius 2 is 1.58 bits per heavy atom. The number of primary amides is 1. The molecule has 0 aromatic heterocycles. The smallest absolute Gasteiger partial charge is 0.253 e. The molecule has 33 heavy (non-hydrogen) atoms. The topological polar surface area (TPSA) is 75.9 Å². The minimum atomic E-state index is -0.531. The van der Waals surface area contributed by atoms with E-state index in [1.807, 2.05) is 35.2 Å². The minimum absolute atomic E-state index is 0.0379. The first-order valence-electron chi connectivity index (χ1n) is 11.3. The first kappa shape index (κ1) is 22.6. The van der Waals surface area contributed by atoms with Crippen molar-refractivity contribution in [2.45, 2.75) is 19.6 Å². The Morgan fingerprint density at radius 1 is 0.818 bits per heavy atom. The van der Waals surface area contributed by atoms with Crippen molar-refractivity contribution in [3.63, 3.8) is 0 Å². The molecule has 1 fully saturated rings. The highest BCUT2D eigenvalue weighted by molar-refractivity contribution is 5.95. The van der Waals surface area contributed by atoms with Crippen LogP contribution in [0.25, 0.3) is 0 Å². The van der Waals surface area contributed by atoms with E-state index in [1.54, 1.807) is 24.3 Å². The molecule has 3 aromatic carbocycles. The number of amides is 2. The summed E-state index contributed by atoms with van der Waals surface area (Å²) in [7, 11) is 0. The lowest BCUT2D eigenvalue weighted by Gasteiger charge is -2.22. The minimum Gasteiger partial charge on any atom is -0.488 e. The highest BCUT2D eigenvalue weighted by Gasteiger charge is 2.20. The van der Waals surface area contributed by atoms with Gasteiger partial charge in [-0.3, -0.25) is 14.5 Å². The van der Waals surface area contributed by atoms with Crippen LogP contribution in [0.3, 0.4) is 0 Å². The lowest BCUT2D eigenvalue weighted by Crippen LogP contribution is -2.35. The van der Waals surface area contributed by atoms with Crippen LogP contribution in [0, 0.1) is 0 Å². The van der Waals surface area contributed by atoms with E-state index in [0.29, 0.717) is 23.4 Å². The quantitative estimate of drug-likeness (QED) is 0.604. The van der Waals surface area contributed by atoms with Crippen LogP contribution < -0.4 is 10.5 Å². The molecule has 1 aliphatic rings. The number of ether oxygens (including phenoxy) is 1. The van der Waals surface area contributed by atoms with Crippen molar-refractivity contribution in [1.82, 2.24) is 9.80 Å². The number of benzene rings is 3. The standard InChI is InChI=1S/C27H29N3O3/c28-26(31)24-12-4-5-13-25(24)33-20-22-10-6-11-23(18-22)27(32)30-15-7-14-29(16-17-30)19-21-8-2-1-3-9-21/h1-6,8-13,18H,7,14-17,19-20H2,(H2,28,31). The Morgan fingerprint density at radius 3 is 2.39 bits per heavy atom. The zero-order valence-electron chi connectivity index (χ0n) is 18.7. The predicted octanol–water partition coefficient (Wildman–Crippen LogP) is 3.71. The van der Waals surface area contributed by atoms with Crippen LogP contribution in [0.4, 0.5) is 0 Å². The Hall–Kier alpha value is -3.64. The van der Waals surface area contributed by atoms with Gasteiger partial charge in [-0.05, 0) is 41.8 Å². The van der Waals surface area contributed by atoms with Crippen molar-refractivity contribution in [3.8, 4) is 5.75 Å². The molecule has 2 amide bonds. The molecule has 0 spiro atoms. The monoisotopic (exact) mass is 443 g/mol. The highest BCUT2D eigenvalue weighted by atomic mass is 16.5. The van der Waals surface area contributed by atoms with Crippen LogP contribution in [0.2, 0.25) is 0 Å². The van der Waals surface area contributed by atoms with Crippen molar-refractivity contribution < 1.29 is 14.3 Å². The molecule has 170 valence electrons. The van der Waals surface area contributed by atoms with E-state index in [9.17, 15) is 9.59 Å². The summed E-state index contributed by atoms with van der Waals surface area (Å²) in [5.74, 6) is -0.0549. The predicted molar refractivity (Wildman–Crippen MR) is 128 cm³/mol. The average molecular weight is 444 g/mol. The third kappa shape index (κ3) is 5.99. The van der Waals surface area contributed by atoms with Crippen LogP contribution in [0.15, 0.2) is 78.9 Å². The van der Waals surface area contributed by atoms with Gasteiger partial charge in [-0.2, -0.15) is 0 Å². The fourth-order valence-electron chi connectivity index (χ4n) is 4.11. The Kier molecular flexibility index (Phi) is 7.37. The fraction of sp³-hybridized carbons (Fsp3) is 0.259. The molecule has 0 unspecified atom stereocenters. The van der Waals surface area contributed by atoms with Crippen molar-refractivity contribution in [1.29, 1.82) is 0 Å². The van der Waals surface area contributed by atoms with E-state index < -0.39 is 5.91 Å². The van der Waals surface area contributed by atoms with Gasteiger partial charge in [0.15, 0.2) is 0 Å². The maximum atomic E-state index is 13.2. The number of carbonyl (C=O) groups is 2. The lowest BCUT2D eigenvalue weighted by atomic mass is 10.1. The summed E-state index contributed by atoms with van der Waals surface area (Å²) in [4.78, 5) is 29.1. The number of nitrogens with two attached hydrogens (primary N) is 1. The van der Waals surface area contributed by atoms with Gasteiger partial charge in [0, 0.05) is 38.3 Å². The Labute approximate surface area is 194 Å². The van der Waals surface area contributed by atoms with Gasteiger partial charge in [-0.25, -0.2) is 0 Å². The summed E-state index contributed by atoms with van der Waals surface area (Å²) in [6.07, 6.45) is 0.950. The maximum Gasteiger partial charge on any atom is 0.253 e. The molecule has 1 saturated heterocycles. The second-order valence-corrected chi connectivity index (χ2v) is 8.26.